The summed E-state index contributed by atoms with van der Waals surface area (Å²) >= 11 is 6.17. The van der Waals surface area contributed by atoms with Gasteiger partial charge in [0.25, 0.3) is 5.69 Å². The molecule has 0 saturated heterocycles. The minimum atomic E-state index is -0.510. The number of nitrogens with one attached hydrogen (secondary N) is 1. The highest BCUT2D eigenvalue weighted by molar-refractivity contribution is 6.36. The maximum absolute atomic E-state index is 11.9. The van der Waals surface area contributed by atoms with Gasteiger partial charge in [0.05, 0.1) is 22.6 Å². The van der Waals surface area contributed by atoms with Gasteiger partial charge in [-0.15, -0.1) is 0 Å². The van der Waals surface area contributed by atoms with E-state index in [0.717, 1.165) is 0 Å². The molecule has 0 aliphatic rings. The van der Waals surface area contributed by atoms with Crippen molar-refractivity contribution in [1.29, 1.82) is 0 Å². The average molecular weight is 385 g/mol. The van der Waals surface area contributed by atoms with E-state index in [1.165, 1.54) is 42.7 Å². The first-order chi connectivity index (χ1) is 13.0. The quantitative estimate of drug-likeness (QED) is 0.398. The lowest BCUT2D eigenvalue weighted by atomic mass is 10.1. The Morgan fingerprint density at radius 3 is 2.78 bits per heavy atom. The molecule has 1 heterocycles. The highest BCUT2D eigenvalue weighted by atomic mass is 35.5. The van der Waals surface area contributed by atoms with Crippen molar-refractivity contribution in [2.45, 2.75) is 6.42 Å². The number of non-ortho nitro benzene ring substituents is 1. The van der Waals surface area contributed by atoms with Gasteiger partial charge in [0.2, 0.25) is 5.91 Å². The van der Waals surface area contributed by atoms with Crippen molar-refractivity contribution in [1.82, 2.24) is 10.4 Å². The molecular weight excluding hydrogens is 372 g/mol. The Morgan fingerprint density at radius 2 is 2.07 bits per heavy atom. The van der Waals surface area contributed by atoms with Gasteiger partial charge in [-0.25, -0.2) is 5.43 Å². The number of amides is 1. The molecule has 0 fully saturated rings. The molecule has 8 nitrogen and oxygen atoms in total. The van der Waals surface area contributed by atoms with Crippen LogP contribution in [0.25, 0.3) is 10.9 Å². The van der Waals surface area contributed by atoms with Crippen LogP contribution in [0.15, 0.2) is 53.8 Å². The molecule has 3 rings (SSSR count). The predicted octanol–water partition coefficient (Wildman–Crippen LogP) is 3.19. The molecule has 0 aliphatic carbocycles. The second-order valence-electron chi connectivity index (χ2n) is 5.59. The zero-order valence-corrected chi connectivity index (χ0v) is 14.6. The molecule has 3 aromatic rings. The molecule has 0 bridgehead atoms. The Hall–Kier alpha value is -3.52. The van der Waals surface area contributed by atoms with Crippen LogP contribution in [0.5, 0.6) is 5.75 Å². The number of aromatic hydroxyl groups is 1. The van der Waals surface area contributed by atoms with E-state index in [1.807, 2.05) is 0 Å². The number of carbonyl (C=O) groups excluding carboxylic acids is 1. The van der Waals surface area contributed by atoms with Crippen molar-refractivity contribution >= 4 is 40.3 Å². The van der Waals surface area contributed by atoms with E-state index < -0.39 is 10.8 Å². The summed E-state index contributed by atoms with van der Waals surface area (Å²) in [6.07, 6.45) is 2.80. The number of phenolic OH excluding ortho intramolecular Hbond substituents is 1. The van der Waals surface area contributed by atoms with Crippen LogP contribution in [0, 0.1) is 10.1 Å². The van der Waals surface area contributed by atoms with Crippen LogP contribution >= 0.6 is 11.6 Å². The number of fused-ring (bicyclic) bond motifs is 1. The molecule has 1 amide bonds. The molecule has 2 aromatic carbocycles. The summed E-state index contributed by atoms with van der Waals surface area (Å²) in [5.74, 6) is -0.507. The number of rotatable bonds is 5. The predicted molar refractivity (Wildman–Crippen MR) is 101 cm³/mol. The highest BCUT2D eigenvalue weighted by Gasteiger charge is 2.10. The summed E-state index contributed by atoms with van der Waals surface area (Å²) in [5, 5.41) is 25.7. The first kappa shape index (κ1) is 18.3. The Bertz CT molecular complexity index is 1050. The van der Waals surface area contributed by atoms with Gasteiger partial charge in [0.1, 0.15) is 5.52 Å². The van der Waals surface area contributed by atoms with E-state index in [2.05, 4.69) is 15.5 Å². The fraction of sp³-hybridized carbons (Fsp3) is 0.0556. The molecule has 9 heteroatoms. The number of phenols is 1. The number of hydrazone groups is 1. The van der Waals surface area contributed by atoms with E-state index in [1.54, 1.807) is 12.1 Å². The zero-order valence-electron chi connectivity index (χ0n) is 13.8. The number of carbonyl (C=O) groups is 1. The third kappa shape index (κ3) is 4.18. The van der Waals surface area contributed by atoms with E-state index in [0.29, 0.717) is 27.1 Å². The van der Waals surface area contributed by atoms with Crippen molar-refractivity contribution in [3.63, 3.8) is 0 Å². The maximum Gasteiger partial charge on any atom is 0.269 e. The summed E-state index contributed by atoms with van der Waals surface area (Å²) < 4.78 is 0. The molecule has 0 spiro atoms. The standard InChI is InChI=1S/C18H13ClN4O4/c19-15-9-12(18(25)17-14(15)2-1-7-20-17)10-21-22-16(24)8-11-3-5-13(6-4-11)23(26)27/h1-7,9-10,25H,8H2,(H,22,24)/b21-10-. The van der Waals surface area contributed by atoms with Gasteiger partial charge in [0, 0.05) is 29.3 Å². The highest BCUT2D eigenvalue weighted by Crippen LogP contribution is 2.31. The van der Waals surface area contributed by atoms with Crippen LogP contribution in [0.1, 0.15) is 11.1 Å². The monoisotopic (exact) mass is 384 g/mol. The number of aromatic nitrogens is 1. The fourth-order valence-corrected chi connectivity index (χ4v) is 2.71. The first-order valence-electron chi connectivity index (χ1n) is 7.77. The van der Waals surface area contributed by atoms with Gasteiger partial charge in [0.15, 0.2) is 5.75 Å². The van der Waals surface area contributed by atoms with Crippen molar-refractivity contribution in [3.05, 3.63) is 74.9 Å². The molecule has 0 unspecified atom stereocenters. The van der Waals surface area contributed by atoms with Crippen LogP contribution in [0.4, 0.5) is 5.69 Å². The van der Waals surface area contributed by atoms with Gasteiger partial charge in [-0.1, -0.05) is 23.7 Å². The van der Waals surface area contributed by atoms with E-state index in [-0.39, 0.29) is 17.9 Å². The number of pyridine rings is 1. The number of hydrogen-bond acceptors (Lipinski definition) is 6. The summed E-state index contributed by atoms with van der Waals surface area (Å²) in [4.78, 5) is 26.1. The first-order valence-corrected chi connectivity index (χ1v) is 8.15. The molecule has 0 saturated carbocycles. The summed E-state index contributed by atoms with van der Waals surface area (Å²) in [6.45, 7) is 0. The number of hydrogen-bond donors (Lipinski definition) is 2. The molecule has 0 atom stereocenters. The van der Waals surface area contributed by atoms with Crippen LogP contribution in [-0.2, 0) is 11.2 Å². The molecule has 136 valence electrons. The summed E-state index contributed by atoms with van der Waals surface area (Å²) in [6, 6.07) is 10.6. The van der Waals surface area contributed by atoms with Crippen molar-refractivity contribution in [3.8, 4) is 5.75 Å². The minimum Gasteiger partial charge on any atom is -0.505 e. The van der Waals surface area contributed by atoms with Gasteiger partial charge in [-0.2, -0.15) is 5.10 Å². The van der Waals surface area contributed by atoms with Crippen molar-refractivity contribution in [2.75, 3.05) is 0 Å². The molecule has 0 radical (unpaired) electrons. The Morgan fingerprint density at radius 1 is 1.33 bits per heavy atom. The lowest BCUT2D eigenvalue weighted by Crippen LogP contribution is -2.19. The number of benzene rings is 2. The summed E-state index contributed by atoms with van der Waals surface area (Å²) in [7, 11) is 0. The topological polar surface area (TPSA) is 118 Å². The Balaban J connectivity index is 1.68. The van der Waals surface area contributed by atoms with Gasteiger partial charge < -0.3 is 5.11 Å². The van der Waals surface area contributed by atoms with Crippen LogP contribution in [-0.4, -0.2) is 27.1 Å². The number of nitro groups is 1. The lowest BCUT2D eigenvalue weighted by Gasteiger charge is -2.05. The summed E-state index contributed by atoms with van der Waals surface area (Å²) in [5.41, 5.74) is 3.54. The van der Waals surface area contributed by atoms with E-state index in [9.17, 15) is 20.0 Å². The number of nitro benzene ring substituents is 1. The Kier molecular flexibility index (Phi) is 5.28. The third-order valence-corrected chi connectivity index (χ3v) is 4.06. The minimum absolute atomic E-state index is 0.00134. The van der Waals surface area contributed by atoms with Crippen molar-refractivity contribution < 1.29 is 14.8 Å². The van der Waals surface area contributed by atoms with E-state index >= 15 is 0 Å². The molecular formula is C18H13ClN4O4. The molecule has 1 aromatic heterocycles. The molecule has 0 aliphatic heterocycles. The van der Waals surface area contributed by atoms with Crippen molar-refractivity contribution in [2.24, 2.45) is 5.10 Å². The maximum atomic E-state index is 11.9. The lowest BCUT2D eigenvalue weighted by molar-refractivity contribution is -0.384. The second kappa shape index (κ2) is 7.79. The average Bonchev–Trinajstić information content (AvgIpc) is 2.66. The van der Waals surface area contributed by atoms with Crippen LogP contribution in [0.2, 0.25) is 5.02 Å². The van der Waals surface area contributed by atoms with Crippen LogP contribution in [0.3, 0.4) is 0 Å². The fourth-order valence-electron chi connectivity index (χ4n) is 2.44. The smallest absolute Gasteiger partial charge is 0.269 e. The van der Waals surface area contributed by atoms with Gasteiger partial charge in [-0.05, 0) is 23.8 Å². The second-order valence-corrected chi connectivity index (χ2v) is 6.00. The zero-order chi connectivity index (χ0) is 19.4. The SMILES string of the molecule is O=C(Cc1ccc([N+](=O)[O-])cc1)N/N=C\c1cc(Cl)c2cccnc2c1O. The van der Waals surface area contributed by atoms with Crippen LogP contribution < -0.4 is 5.43 Å². The third-order valence-electron chi connectivity index (χ3n) is 3.75. The molecule has 2 N–H and O–H groups in total. The normalized spacial score (nSPS) is 11.0. The van der Waals surface area contributed by atoms with E-state index in [4.69, 9.17) is 11.6 Å². The van der Waals surface area contributed by atoms with Gasteiger partial charge >= 0.3 is 0 Å². The largest absolute Gasteiger partial charge is 0.505 e. The molecule has 27 heavy (non-hydrogen) atoms. The van der Waals surface area contributed by atoms with Gasteiger partial charge in [-0.3, -0.25) is 19.9 Å². The Labute approximate surface area is 158 Å². The number of halogens is 1. The number of nitrogens with zero attached hydrogens (tertiary/aromatic N) is 3.